The minimum atomic E-state index is -0.784. The molecule has 0 radical (unpaired) electrons. The van der Waals surface area contributed by atoms with Crippen molar-refractivity contribution < 1.29 is 19.4 Å². The monoisotopic (exact) mass is 383 g/mol. The van der Waals surface area contributed by atoms with Crippen LogP contribution in [0.25, 0.3) is 0 Å². The van der Waals surface area contributed by atoms with Gasteiger partial charge in [-0.3, -0.25) is 4.79 Å². The molecule has 3 N–H and O–H groups in total. The number of nitrogen functional groups attached to an aromatic ring is 1. The fourth-order valence-corrected chi connectivity index (χ4v) is 3.94. The van der Waals surface area contributed by atoms with Gasteiger partial charge in [0.05, 0.1) is 0 Å². The zero-order chi connectivity index (χ0) is 20.6. The van der Waals surface area contributed by atoms with Gasteiger partial charge in [0, 0.05) is 29.7 Å². The maximum absolute atomic E-state index is 10.9. The van der Waals surface area contributed by atoms with Crippen molar-refractivity contribution in [1.82, 2.24) is 0 Å². The van der Waals surface area contributed by atoms with Crippen LogP contribution >= 0.6 is 0 Å². The van der Waals surface area contributed by atoms with Gasteiger partial charge in [0.25, 0.3) is 0 Å². The summed E-state index contributed by atoms with van der Waals surface area (Å²) in [5.41, 5.74) is 12.8. The molecule has 0 aromatic heterocycles. The molecule has 0 saturated heterocycles. The zero-order valence-electron chi connectivity index (χ0n) is 17.3. The Morgan fingerprint density at radius 3 is 2.57 bits per heavy atom. The Labute approximate surface area is 166 Å². The summed E-state index contributed by atoms with van der Waals surface area (Å²) in [6, 6.07) is 5.93. The van der Waals surface area contributed by atoms with Gasteiger partial charge in [-0.15, -0.1) is 0 Å². The smallest absolute Gasteiger partial charge is 0.303 e. The van der Waals surface area contributed by atoms with E-state index in [2.05, 4.69) is 13.8 Å². The van der Waals surface area contributed by atoms with Crippen molar-refractivity contribution in [3.8, 4) is 11.5 Å². The van der Waals surface area contributed by atoms with Gasteiger partial charge in [-0.25, -0.2) is 0 Å². The number of ether oxygens (including phenoxy) is 2. The molecule has 5 heteroatoms. The highest BCUT2D eigenvalue weighted by molar-refractivity contribution is 5.67. The SMILES string of the molecule is Cc1cc(CCC(=O)O)c(C)c(C)c1OCc1cc(N)cc2c1OC(C)(C)C2. The number of fused-ring (bicyclic) bond motifs is 1. The van der Waals surface area contributed by atoms with E-state index in [1.807, 2.05) is 39.0 Å². The van der Waals surface area contributed by atoms with Crippen LogP contribution in [0.15, 0.2) is 18.2 Å². The van der Waals surface area contributed by atoms with Crippen LogP contribution in [0.1, 0.15) is 53.6 Å². The molecule has 0 spiro atoms. The molecule has 0 atom stereocenters. The lowest BCUT2D eigenvalue weighted by molar-refractivity contribution is -0.136. The first-order chi connectivity index (χ1) is 13.1. The van der Waals surface area contributed by atoms with Crippen LogP contribution in [0, 0.1) is 20.8 Å². The average Bonchev–Trinajstić information content (AvgIpc) is 2.90. The second-order valence-corrected chi connectivity index (χ2v) is 8.32. The summed E-state index contributed by atoms with van der Waals surface area (Å²) < 4.78 is 12.3. The predicted molar refractivity (Wildman–Crippen MR) is 110 cm³/mol. The highest BCUT2D eigenvalue weighted by atomic mass is 16.5. The summed E-state index contributed by atoms with van der Waals surface area (Å²) in [7, 11) is 0. The van der Waals surface area contributed by atoms with E-state index in [1.165, 1.54) is 0 Å². The molecule has 1 aliphatic heterocycles. The number of carboxylic acids is 1. The fourth-order valence-electron chi connectivity index (χ4n) is 3.94. The van der Waals surface area contributed by atoms with Gasteiger partial charge in [-0.05, 0) is 75.4 Å². The maximum atomic E-state index is 10.9. The van der Waals surface area contributed by atoms with Gasteiger partial charge >= 0.3 is 5.97 Å². The van der Waals surface area contributed by atoms with Crippen LogP contribution in [0.2, 0.25) is 0 Å². The van der Waals surface area contributed by atoms with Crippen molar-refractivity contribution in [3.63, 3.8) is 0 Å². The van der Waals surface area contributed by atoms with Crippen LogP contribution in [-0.4, -0.2) is 16.7 Å². The number of carboxylic acid groups (broad SMARTS) is 1. The number of benzene rings is 2. The van der Waals surface area contributed by atoms with Crippen molar-refractivity contribution in [1.29, 1.82) is 0 Å². The third-order valence-electron chi connectivity index (χ3n) is 5.37. The average molecular weight is 383 g/mol. The molecule has 2 aromatic carbocycles. The molecule has 1 aliphatic rings. The lowest BCUT2D eigenvalue weighted by Gasteiger charge is -2.20. The molecule has 0 aliphatic carbocycles. The molecule has 2 aromatic rings. The topological polar surface area (TPSA) is 81.8 Å². The summed E-state index contributed by atoms with van der Waals surface area (Å²) in [4.78, 5) is 10.9. The Balaban J connectivity index is 1.85. The first-order valence-electron chi connectivity index (χ1n) is 9.62. The number of anilines is 1. The lowest BCUT2D eigenvalue weighted by Crippen LogP contribution is -2.25. The Kier molecular flexibility index (Phi) is 5.28. The largest absolute Gasteiger partial charge is 0.488 e. The number of hydrogen-bond acceptors (Lipinski definition) is 4. The van der Waals surface area contributed by atoms with E-state index in [4.69, 9.17) is 20.3 Å². The van der Waals surface area contributed by atoms with Crippen LogP contribution in [0.3, 0.4) is 0 Å². The Bertz CT molecular complexity index is 931. The molecule has 150 valence electrons. The number of aryl methyl sites for hydroxylation is 2. The summed E-state index contributed by atoms with van der Waals surface area (Å²) in [6.07, 6.45) is 1.48. The number of nitrogens with two attached hydrogens (primary N) is 1. The Hall–Kier alpha value is -2.69. The number of rotatable bonds is 6. The van der Waals surface area contributed by atoms with E-state index in [9.17, 15) is 4.79 Å². The van der Waals surface area contributed by atoms with Crippen LogP contribution in [0.5, 0.6) is 11.5 Å². The van der Waals surface area contributed by atoms with Gasteiger partial charge < -0.3 is 20.3 Å². The Morgan fingerprint density at radius 2 is 1.89 bits per heavy atom. The molecule has 0 unspecified atom stereocenters. The Morgan fingerprint density at radius 1 is 1.18 bits per heavy atom. The van der Waals surface area contributed by atoms with Crippen LogP contribution < -0.4 is 15.2 Å². The van der Waals surface area contributed by atoms with E-state index in [1.54, 1.807) is 0 Å². The summed E-state index contributed by atoms with van der Waals surface area (Å²) in [5.74, 6) is 0.933. The summed E-state index contributed by atoms with van der Waals surface area (Å²) in [5, 5.41) is 8.96. The third-order valence-corrected chi connectivity index (χ3v) is 5.37. The van der Waals surface area contributed by atoms with Crippen molar-refractivity contribution >= 4 is 11.7 Å². The second-order valence-electron chi connectivity index (χ2n) is 8.32. The van der Waals surface area contributed by atoms with Crippen molar-refractivity contribution in [2.24, 2.45) is 0 Å². The molecule has 0 bridgehead atoms. The number of aliphatic carboxylic acids is 1. The van der Waals surface area contributed by atoms with E-state index in [-0.39, 0.29) is 12.0 Å². The van der Waals surface area contributed by atoms with Gasteiger partial charge in [-0.2, -0.15) is 0 Å². The molecule has 0 amide bonds. The zero-order valence-corrected chi connectivity index (χ0v) is 17.3. The standard InChI is InChI=1S/C23H29NO4/c1-13-8-16(6-7-20(25)26)14(2)15(3)21(13)27-12-18-10-19(24)9-17-11-23(4,5)28-22(17)18/h8-10H,6-7,11-12,24H2,1-5H3,(H,25,26). The van der Waals surface area contributed by atoms with Crippen LogP contribution in [-0.2, 0) is 24.2 Å². The van der Waals surface area contributed by atoms with Crippen molar-refractivity contribution in [2.75, 3.05) is 5.73 Å². The summed E-state index contributed by atoms with van der Waals surface area (Å²) >= 11 is 0. The number of carbonyl (C=O) groups is 1. The quantitative estimate of drug-likeness (QED) is 0.718. The normalized spacial score (nSPS) is 14.5. The van der Waals surface area contributed by atoms with Crippen molar-refractivity contribution in [3.05, 3.63) is 51.6 Å². The molecule has 5 nitrogen and oxygen atoms in total. The molecule has 0 fully saturated rings. The minimum absolute atomic E-state index is 0.127. The van der Waals surface area contributed by atoms with Crippen LogP contribution in [0.4, 0.5) is 5.69 Å². The fraction of sp³-hybridized carbons (Fsp3) is 0.435. The minimum Gasteiger partial charge on any atom is -0.488 e. The molecule has 0 saturated carbocycles. The van der Waals surface area contributed by atoms with E-state index < -0.39 is 5.97 Å². The van der Waals surface area contributed by atoms with Gasteiger partial charge in [0.1, 0.15) is 23.7 Å². The summed E-state index contributed by atoms with van der Waals surface area (Å²) in [6.45, 7) is 10.5. The molecular formula is C23H29NO4. The first kappa shape index (κ1) is 20.1. The second kappa shape index (κ2) is 7.38. The van der Waals surface area contributed by atoms with Gasteiger partial charge in [0.2, 0.25) is 0 Å². The molecule has 1 heterocycles. The third kappa shape index (κ3) is 4.08. The van der Waals surface area contributed by atoms with Crippen molar-refractivity contribution in [2.45, 2.75) is 66.1 Å². The van der Waals surface area contributed by atoms with E-state index >= 15 is 0 Å². The highest BCUT2D eigenvalue weighted by Crippen LogP contribution is 2.40. The molecular weight excluding hydrogens is 354 g/mol. The van der Waals surface area contributed by atoms with E-state index in [0.717, 1.165) is 51.3 Å². The first-order valence-corrected chi connectivity index (χ1v) is 9.62. The van der Waals surface area contributed by atoms with Gasteiger partial charge in [-0.1, -0.05) is 6.07 Å². The number of hydrogen-bond donors (Lipinski definition) is 2. The lowest BCUT2D eigenvalue weighted by atomic mass is 9.95. The molecule has 28 heavy (non-hydrogen) atoms. The highest BCUT2D eigenvalue weighted by Gasteiger charge is 2.32. The van der Waals surface area contributed by atoms with E-state index in [0.29, 0.717) is 18.7 Å². The van der Waals surface area contributed by atoms with Gasteiger partial charge in [0.15, 0.2) is 0 Å². The maximum Gasteiger partial charge on any atom is 0.303 e. The predicted octanol–water partition coefficient (Wildman–Crippen LogP) is 4.50. The molecule has 3 rings (SSSR count).